The molecule has 0 N–H and O–H groups in total. The molecule has 120 valence electrons. The Hall–Kier alpha value is -2.35. The molecule has 2 nitrogen and oxygen atoms in total. The van der Waals surface area contributed by atoms with Gasteiger partial charge < -0.3 is 4.74 Å². The van der Waals surface area contributed by atoms with Crippen molar-refractivity contribution in [3.63, 3.8) is 0 Å². The van der Waals surface area contributed by atoms with E-state index in [0.29, 0.717) is 0 Å². The van der Waals surface area contributed by atoms with Gasteiger partial charge in [-0.3, -0.25) is 0 Å². The van der Waals surface area contributed by atoms with Crippen molar-refractivity contribution in [2.24, 2.45) is 0 Å². The molecule has 3 aliphatic rings. The zero-order valence-electron chi connectivity index (χ0n) is 14.1. The molecule has 0 fully saturated rings. The maximum Gasteiger partial charge on any atom is 0.210 e. The molecule has 3 heterocycles. The Kier molecular flexibility index (Phi) is 3.12. The van der Waals surface area contributed by atoms with E-state index >= 15 is 0 Å². The molecule has 0 aromatic heterocycles. The highest BCUT2D eigenvalue weighted by molar-refractivity contribution is 5.77. The molecule has 2 heteroatoms. The summed E-state index contributed by atoms with van der Waals surface area (Å²) in [5, 5.41) is 2.78. The third kappa shape index (κ3) is 2.06. The summed E-state index contributed by atoms with van der Waals surface area (Å²) in [5.74, 6) is 2.09. The summed E-state index contributed by atoms with van der Waals surface area (Å²) in [6.07, 6.45) is 7.04. The third-order valence-corrected chi connectivity index (χ3v) is 5.52. The van der Waals surface area contributed by atoms with E-state index in [1.54, 1.807) is 0 Å². The van der Waals surface area contributed by atoms with Crippen LogP contribution in [-0.4, -0.2) is 13.1 Å². The highest BCUT2D eigenvalue weighted by Gasteiger charge is 2.28. The largest absolute Gasteiger partial charge is 0.456 e. The molecule has 0 spiro atoms. The van der Waals surface area contributed by atoms with Crippen molar-refractivity contribution in [2.75, 3.05) is 13.1 Å². The fourth-order valence-corrected chi connectivity index (χ4v) is 4.40. The molecule has 0 amide bonds. The first-order chi connectivity index (χ1) is 11.8. The minimum atomic E-state index is 0.977. The van der Waals surface area contributed by atoms with Crippen LogP contribution < -0.4 is 19.9 Å². The molecule has 5 rings (SSSR count). The normalized spacial score (nSPS) is 18.5. The van der Waals surface area contributed by atoms with E-state index in [4.69, 9.17) is 4.74 Å². The van der Waals surface area contributed by atoms with Crippen molar-refractivity contribution < 1.29 is 4.74 Å². The van der Waals surface area contributed by atoms with E-state index in [1.165, 1.54) is 59.6 Å². The van der Waals surface area contributed by atoms with E-state index in [1.807, 2.05) is 0 Å². The Morgan fingerprint density at radius 3 is 2.62 bits per heavy atom. The Bertz CT molecular complexity index is 979. The minimum Gasteiger partial charge on any atom is -0.456 e. The highest BCUT2D eigenvalue weighted by Crippen LogP contribution is 2.28. The van der Waals surface area contributed by atoms with Gasteiger partial charge in [-0.25, -0.2) is 4.58 Å². The quantitative estimate of drug-likeness (QED) is 0.737. The van der Waals surface area contributed by atoms with Gasteiger partial charge in [0.25, 0.3) is 0 Å². The van der Waals surface area contributed by atoms with E-state index in [9.17, 15) is 0 Å². The molecule has 24 heavy (non-hydrogen) atoms. The summed E-state index contributed by atoms with van der Waals surface area (Å²) in [5.41, 5.74) is 5.43. The standard InChI is InChI=1S/C22H22NO/c1-15-13-20(16-7-3-2-4-8-16)24-22-18-10-6-12-23-11-5-9-17(21(18)23)14-19(15)22/h2-4,7-8,13-14H,5-6,9-12H2,1H3/q+1. The van der Waals surface area contributed by atoms with Gasteiger partial charge in [0.2, 0.25) is 5.36 Å². The van der Waals surface area contributed by atoms with Crippen LogP contribution in [0.3, 0.4) is 0 Å². The molecule has 0 radical (unpaired) electrons. The molecule has 0 bridgehead atoms. The Morgan fingerprint density at radius 2 is 1.79 bits per heavy atom. The van der Waals surface area contributed by atoms with Gasteiger partial charge >= 0.3 is 0 Å². The lowest BCUT2D eigenvalue weighted by molar-refractivity contribution is 0.452. The summed E-state index contributed by atoms with van der Waals surface area (Å²) in [6.45, 7) is 4.61. The number of hydrogen-bond acceptors (Lipinski definition) is 1. The van der Waals surface area contributed by atoms with Gasteiger partial charge in [0.1, 0.15) is 24.6 Å². The van der Waals surface area contributed by atoms with Crippen LogP contribution in [0.5, 0.6) is 5.75 Å². The molecule has 0 saturated heterocycles. The second-order valence-electron chi connectivity index (χ2n) is 7.09. The van der Waals surface area contributed by atoms with Crippen LogP contribution in [0.15, 0.2) is 42.5 Å². The first-order valence-corrected chi connectivity index (χ1v) is 9.04. The number of fused-ring (bicyclic) bond motifs is 2. The van der Waals surface area contributed by atoms with Crippen LogP contribution in [-0.2, 0) is 12.8 Å². The van der Waals surface area contributed by atoms with Crippen LogP contribution in [0.2, 0.25) is 0 Å². The third-order valence-electron chi connectivity index (χ3n) is 5.52. The first kappa shape index (κ1) is 14.0. The van der Waals surface area contributed by atoms with E-state index in [0.717, 1.165) is 23.5 Å². The maximum atomic E-state index is 6.47. The van der Waals surface area contributed by atoms with Crippen molar-refractivity contribution in [1.82, 2.24) is 4.58 Å². The summed E-state index contributed by atoms with van der Waals surface area (Å²) in [6, 6.07) is 12.8. The lowest BCUT2D eigenvalue weighted by Crippen LogP contribution is -2.45. The fraction of sp³-hybridized carbons (Fsp3) is 0.318. The molecule has 2 aromatic rings. The second kappa shape index (κ2) is 5.34. The van der Waals surface area contributed by atoms with Gasteiger partial charge in [0.05, 0.1) is 5.56 Å². The molecular formula is C22H22NO+. The maximum absolute atomic E-state index is 6.47. The van der Waals surface area contributed by atoms with Crippen LogP contribution in [0.4, 0.5) is 0 Å². The minimum absolute atomic E-state index is 0.977. The van der Waals surface area contributed by atoms with Crippen molar-refractivity contribution >= 4 is 11.3 Å². The van der Waals surface area contributed by atoms with E-state index in [-0.39, 0.29) is 0 Å². The average molecular weight is 316 g/mol. The van der Waals surface area contributed by atoms with Crippen molar-refractivity contribution in [3.05, 3.63) is 69.7 Å². The summed E-state index contributed by atoms with van der Waals surface area (Å²) < 4.78 is 9.05. The van der Waals surface area contributed by atoms with E-state index < -0.39 is 0 Å². The Labute approximate surface area is 142 Å². The smallest absolute Gasteiger partial charge is 0.210 e. The number of aryl methyl sites for hydroxylation is 1. The number of rotatable bonds is 1. The predicted octanol–water partition coefficient (Wildman–Crippen LogP) is 2.67. The number of hydrogen-bond donors (Lipinski definition) is 0. The molecule has 0 unspecified atom stereocenters. The van der Waals surface area contributed by atoms with Crippen molar-refractivity contribution in [2.45, 2.75) is 32.6 Å². The van der Waals surface area contributed by atoms with Gasteiger partial charge in [0.15, 0.2) is 0 Å². The molecular weight excluding hydrogens is 294 g/mol. The van der Waals surface area contributed by atoms with Gasteiger partial charge in [0, 0.05) is 29.2 Å². The topological polar surface area (TPSA) is 12.2 Å². The van der Waals surface area contributed by atoms with E-state index in [2.05, 4.69) is 54.0 Å². The van der Waals surface area contributed by atoms with Crippen molar-refractivity contribution in [1.29, 1.82) is 0 Å². The lowest BCUT2D eigenvalue weighted by Gasteiger charge is -2.24. The monoisotopic (exact) mass is 316 g/mol. The summed E-state index contributed by atoms with van der Waals surface area (Å²) in [4.78, 5) is 0. The van der Waals surface area contributed by atoms with Crippen LogP contribution in [0.1, 0.15) is 36.5 Å². The van der Waals surface area contributed by atoms with Gasteiger partial charge in [-0.05, 0) is 37.5 Å². The number of ether oxygens (including phenoxy) is 1. The van der Waals surface area contributed by atoms with Gasteiger partial charge in [-0.1, -0.05) is 30.3 Å². The second-order valence-corrected chi connectivity index (χ2v) is 7.09. The Morgan fingerprint density at radius 1 is 1.00 bits per heavy atom. The first-order valence-electron chi connectivity index (χ1n) is 9.04. The zero-order valence-corrected chi connectivity index (χ0v) is 14.1. The van der Waals surface area contributed by atoms with Crippen LogP contribution in [0, 0.1) is 0 Å². The predicted molar refractivity (Wildman–Crippen MR) is 97.4 cm³/mol. The zero-order chi connectivity index (χ0) is 16.1. The molecule has 2 aromatic carbocycles. The molecule has 3 aliphatic heterocycles. The SMILES string of the molecule is CC1=c2cc3c4c(c2OC(c2ccccc2)=C1)CCC[N+]=4CCC3. The van der Waals surface area contributed by atoms with Gasteiger partial charge in [-0.15, -0.1) is 0 Å². The van der Waals surface area contributed by atoms with Gasteiger partial charge in [-0.2, -0.15) is 0 Å². The number of benzene rings is 2. The van der Waals surface area contributed by atoms with Crippen LogP contribution >= 0.6 is 0 Å². The van der Waals surface area contributed by atoms with Crippen molar-refractivity contribution in [3.8, 4) is 5.75 Å². The molecule has 0 atom stereocenters. The van der Waals surface area contributed by atoms with Crippen LogP contribution in [0.25, 0.3) is 11.3 Å². The molecule has 0 aliphatic carbocycles. The number of allylic oxidation sites excluding steroid dienone is 1. The summed E-state index contributed by atoms with van der Waals surface area (Å²) >= 11 is 0. The highest BCUT2D eigenvalue weighted by atomic mass is 16.5. The average Bonchev–Trinajstić information content (AvgIpc) is 2.63. The fourth-order valence-electron chi connectivity index (χ4n) is 4.40. The number of nitrogens with zero attached hydrogens (tertiary/aromatic N) is 1. The molecule has 0 saturated carbocycles. The lowest BCUT2D eigenvalue weighted by atomic mass is 9.92. The summed E-state index contributed by atoms with van der Waals surface area (Å²) in [7, 11) is 0. The Balaban J connectivity index is 1.78.